The lowest BCUT2D eigenvalue weighted by atomic mass is 10.2. The molecule has 1 aliphatic carbocycles. The highest BCUT2D eigenvalue weighted by molar-refractivity contribution is 5.99. The fourth-order valence-corrected chi connectivity index (χ4v) is 2.29. The first kappa shape index (κ1) is 14.7. The smallest absolute Gasteiger partial charge is 0.345 e. The van der Waals surface area contributed by atoms with Crippen molar-refractivity contribution in [3.05, 3.63) is 5.56 Å². The molecule has 112 valence electrons. The fourth-order valence-electron chi connectivity index (χ4n) is 2.29. The fraction of sp³-hybridized carbons (Fsp3) is 0.714. The molecule has 1 aromatic heterocycles. The summed E-state index contributed by atoms with van der Waals surface area (Å²) in [5, 5.41) is 7.79. The molecule has 0 saturated heterocycles. The number of ether oxygens (including phenoxy) is 1. The van der Waals surface area contributed by atoms with Crippen LogP contribution >= 0.6 is 0 Å². The third-order valence-electron chi connectivity index (χ3n) is 4.04. The van der Waals surface area contributed by atoms with Crippen LogP contribution < -0.4 is 11.1 Å². The van der Waals surface area contributed by atoms with Crippen LogP contribution in [0.3, 0.4) is 0 Å². The first-order chi connectivity index (χ1) is 9.49. The van der Waals surface area contributed by atoms with Gasteiger partial charge in [-0.05, 0) is 39.0 Å². The number of rotatable bonds is 6. The van der Waals surface area contributed by atoms with Crippen molar-refractivity contribution in [1.29, 1.82) is 0 Å². The summed E-state index contributed by atoms with van der Waals surface area (Å²) in [6.07, 6.45) is 3.34. The lowest BCUT2D eigenvalue weighted by Crippen LogP contribution is -2.19. The highest BCUT2D eigenvalue weighted by Crippen LogP contribution is 2.35. The molecule has 0 aromatic carbocycles. The maximum atomic E-state index is 12.0. The molecule has 2 atom stereocenters. The average molecular weight is 280 g/mol. The number of methoxy groups -OCH3 is 1. The predicted molar refractivity (Wildman–Crippen MR) is 78.8 cm³/mol. The van der Waals surface area contributed by atoms with E-state index in [1.54, 1.807) is 4.68 Å². The maximum Gasteiger partial charge on any atom is 0.345 e. The molecule has 1 saturated carbocycles. The summed E-state index contributed by atoms with van der Waals surface area (Å²) in [7, 11) is 1.36. The van der Waals surface area contributed by atoms with E-state index in [-0.39, 0.29) is 12.1 Å². The third kappa shape index (κ3) is 2.73. The minimum atomic E-state index is -0.442. The minimum Gasteiger partial charge on any atom is -0.465 e. The third-order valence-corrected chi connectivity index (χ3v) is 4.04. The summed E-state index contributed by atoms with van der Waals surface area (Å²) in [6, 6.07) is 0.434. The molecule has 6 heteroatoms. The Morgan fingerprint density at radius 1 is 1.55 bits per heavy atom. The zero-order valence-corrected chi connectivity index (χ0v) is 12.6. The van der Waals surface area contributed by atoms with Gasteiger partial charge in [-0.25, -0.2) is 9.48 Å². The Balaban J connectivity index is 2.34. The number of carbonyl (C=O) groups is 1. The molecule has 3 N–H and O–H groups in total. The Hall–Kier alpha value is -1.72. The molecule has 20 heavy (non-hydrogen) atoms. The van der Waals surface area contributed by atoms with Crippen LogP contribution in [0.4, 0.5) is 11.6 Å². The number of nitrogens with zero attached hydrogens (tertiary/aromatic N) is 2. The number of esters is 1. The van der Waals surface area contributed by atoms with Crippen molar-refractivity contribution < 1.29 is 9.53 Å². The zero-order valence-electron chi connectivity index (χ0n) is 12.6. The van der Waals surface area contributed by atoms with Crippen LogP contribution in [0.1, 0.15) is 56.4 Å². The molecule has 0 amide bonds. The average Bonchev–Trinajstić information content (AvgIpc) is 3.23. The van der Waals surface area contributed by atoms with E-state index < -0.39 is 5.97 Å². The molecule has 0 radical (unpaired) electrons. The van der Waals surface area contributed by atoms with Gasteiger partial charge in [0.1, 0.15) is 11.4 Å². The second-order valence-electron chi connectivity index (χ2n) is 5.57. The predicted octanol–water partition coefficient (Wildman–Crippen LogP) is 2.43. The lowest BCUT2D eigenvalue weighted by Gasteiger charge is -2.13. The number of carbonyl (C=O) groups excluding carboxylic acids is 1. The number of hydrogen-bond donors (Lipinski definition) is 2. The van der Waals surface area contributed by atoms with Gasteiger partial charge in [-0.2, -0.15) is 5.10 Å². The molecule has 1 heterocycles. The molecule has 6 nitrogen and oxygen atoms in total. The summed E-state index contributed by atoms with van der Waals surface area (Å²) in [4.78, 5) is 12.0. The van der Waals surface area contributed by atoms with Crippen molar-refractivity contribution in [2.45, 2.75) is 52.1 Å². The summed E-state index contributed by atoms with van der Waals surface area (Å²) >= 11 is 0. The van der Waals surface area contributed by atoms with E-state index in [0.717, 1.165) is 6.42 Å². The van der Waals surface area contributed by atoms with Crippen LogP contribution in [0.25, 0.3) is 0 Å². The van der Waals surface area contributed by atoms with Crippen LogP contribution in [-0.2, 0) is 4.74 Å². The Labute approximate surface area is 119 Å². The summed E-state index contributed by atoms with van der Waals surface area (Å²) in [5.41, 5.74) is 6.43. The maximum absolute atomic E-state index is 12.0. The van der Waals surface area contributed by atoms with Gasteiger partial charge in [0, 0.05) is 6.04 Å². The molecule has 1 aromatic rings. The topological polar surface area (TPSA) is 82.2 Å². The molecule has 0 spiro atoms. The molecular formula is C14H24N4O2. The van der Waals surface area contributed by atoms with E-state index in [9.17, 15) is 4.79 Å². The number of hydrogen-bond acceptors (Lipinski definition) is 5. The molecule has 1 fully saturated rings. The molecule has 2 unspecified atom stereocenters. The highest BCUT2D eigenvalue weighted by Gasteiger charge is 2.31. The Morgan fingerprint density at radius 2 is 2.20 bits per heavy atom. The lowest BCUT2D eigenvalue weighted by molar-refractivity contribution is 0.0603. The van der Waals surface area contributed by atoms with Crippen molar-refractivity contribution in [2.24, 2.45) is 5.92 Å². The number of aromatic nitrogens is 2. The van der Waals surface area contributed by atoms with Crippen molar-refractivity contribution in [3.63, 3.8) is 0 Å². The van der Waals surface area contributed by atoms with E-state index in [0.29, 0.717) is 23.1 Å². The number of nitrogens with two attached hydrogens (primary N) is 1. The molecule has 0 bridgehead atoms. The number of nitrogen functional groups attached to an aromatic ring is 1. The van der Waals surface area contributed by atoms with Crippen molar-refractivity contribution in [2.75, 3.05) is 18.2 Å². The van der Waals surface area contributed by atoms with E-state index in [1.807, 2.05) is 6.92 Å². The van der Waals surface area contributed by atoms with Gasteiger partial charge < -0.3 is 15.8 Å². The quantitative estimate of drug-likeness (QED) is 0.782. The first-order valence-electron chi connectivity index (χ1n) is 7.22. The van der Waals surface area contributed by atoms with Gasteiger partial charge in [-0.3, -0.25) is 0 Å². The largest absolute Gasteiger partial charge is 0.465 e. The SMILES string of the molecule is CCC(C)n1nc(NC(C)C2CC2)c(C(=O)OC)c1N. The van der Waals surface area contributed by atoms with E-state index in [1.165, 1.54) is 20.0 Å². The standard InChI is InChI=1S/C14H24N4O2/c1-5-8(2)18-12(15)11(14(19)20-4)13(17-18)16-9(3)10-6-7-10/h8-10H,5-7,15H2,1-4H3,(H,16,17). The van der Waals surface area contributed by atoms with Crippen LogP contribution in [-0.4, -0.2) is 28.9 Å². The Bertz CT molecular complexity index is 494. The zero-order chi connectivity index (χ0) is 14.9. The van der Waals surface area contributed by atoms with Gasteiger partial charge in [-0.15, -0.1) is 0 Å². The monoisotopic (exact) mass is 280 g/mol. The van der Waals surface area contributed by atoms with E-state index >= 15 is 0 Å². The highest BCUT2D eigenvalue weighted by atomic mass is 16.5. The molecular weight excluding hydrogens is 256 g/mol. The van der Waals surface area contributed by atoms with Gasteiger partial charge in [0.15, 0.2) is 5.82 Å². The van der Waals surface area contributed by atoms with Gasteiger partial charge in [0.25, 0.3) is 0 Å². The van der Waals surface area contributed by atoms with E-state index in [2.05, 4.69) is 24.3 Å². The summed E-state index contributed by atoms with van der Waals surface area (Å²) in [5.74, 6) is 1.13. The number of anilines is 2. The second kappa shape index (κ2) is 5.73. The number of nitrogens with one attached hydrogen (secondary N) is 1. The second-order valence-corrected chi connectivity index (χ2v) is 5.57. The van der Waals surface area contributed by atoms with Crippen molar-refractivity contribution in [3.8, 4) is 0 Å². The van der Waals surface area contributed by atoms with Gasteiger partial charge in [-0.1, -0.05) is 6.92 Å². The molecule has 2 rings (SSSR count). The molecule has 0 aliphatic heterocycles. The van der Waals surface area contributed by atoms with Gasteiger partial charge in [0.2, 0.25) is 0 Å². The van der Waals surface area contributed by atoms with Gasteiger partial charge >= 0.3 is 5.97 Å². The van der Waals surface area contributed by atoms with Crippen molar-refractivity contribution >= 4 is 17.6 Å². The van der Waals surface area contributed by atoms with Crippen molar-refractivity contribution in [1.82, 2.24) is 9.78 Å². The van der Waals surface area contributed by atoms with Crippen LogP contribution in [0.15, 0.2) is 0 Å². The normalized spacial score (nSPS) is 17.6. The Morgan fingerprint density at radius 3 is 2.70 bits per heavy atom. The summed E-state index contributed by atoms with van der Waals surface area (Å²) in [6.45, 7) is 6.19. The molecule has 1 aliphatic rings. The van der Waals surface area contributed by atoms with E-state index in [4.69, 9.17) is 10.5 Å². The van der Waals surface area contributed by atoms with Gasteiger partial charge in [0.05, 0.1) is 13.2 Å². The first-order valence-corrected chi connectivity index (χ1v) is 7.22. The van der Waals surface area contributed by atoms with Crippen LogP contribution in [0.2, 0.25) is 0 Å². The Kier molecular flexibility index (Phi) is 4.20. The van der Waals surface area contributed by atoms with Crippen LogP contribution in [0.5, 0.6) is 0 Å². The summed E-state index contributed by atoms with van der Waals surface area (Å²) < 4.78 is 6.53. The van der Waals surface area contributed by atoms with Crippen LogP contribution in [0, 0.1) is 5.92 Å². The minimum absolute atomic E-state index is 0.144.